The average molecular weight is 214 g/mol. The van der Waals surface area contributed by atoms with Gasteiger partial charge in [-0.25, -0.2) is 10.8 Å². The van der Waals surface area contributed by atoms with E-state index in [1.165, 1.54) is 0 Å². The number of methoxy groups -OCH3 is 1. The summed E-state index contributed by atoms with van der Waals surface area (Å²) in [6.45, 7) is 3.12. The molecular formula is C8H14N4OS. The zero-order valence-corrected chi connectivity index (χ0v) is 9.10. The number of nitrogens with zero attached hydrogens (tertiary/aromatic N) is 2. The maximum Gasteiger partial charge on any atom is 0.154 e. The molecule has 3 N–H and O–H groups in total. The van der Waals surface area contributed by atoms with Gasteiger partial charge >= 0.3 is 0 Å². The molecule has 0 atom stereocenters. The van der Waals surface area contributed by atoms with Gasteiger partial charge in [-0.1, -0.05) is 0 Å². The molecule has 0 unspecified atom stereocenters. The van der Waals surface area contributed by atoms with Gasteiger partial charge in [0.15, 0.2) is 5.84 Å². The van der Waals surface area contributed by atoms with Crippen LogP contribution < -0.4 is 11.3 Å². The average Bonchev–Trinajstić information content (AvgIpc) is 2.60. The van der Waals surface area contributed by atoms with E-state index in [1.54, 1.807) is 24.6 Å². The number of nitrogens with one attached hydrogen (secondary N) is 1. The summed E-state index contributed by atoms with van der Waals surface area (Å²) in [4.78, 5) is 9.31. The van der Waals surface area contributed by atoms with Crippen LogP contribution in [0.2, 0.25) is 0 Å². The smallest absolute Gasteiger partial charge is 0.154 e. The van der Waals surface area contributed by atoms with Gasteiger partial charge in [0, 0.05) is 13.3 Å². The monoisotopic (exact) mass is 214 g/mol. The molecule has 0 saturated heterocycles. The van der Waals surface area contributed by atoms with E-state index in [0.717, 1.165) is 9.88 Å². The number of aliphatic imine (C=N–C) groups is 1. The number of nitrogens with two attached hydrogens (primary N) is 1. The van der Waals surface area contributed by atoms with Gasteiger partial charge in [-0.2, -0.15) is 0 Å². The van der Waals surface area contributed by atoms with Crippen LogP contribution in [0.25, 0.3) is 0 Å². The summed E-state index contributed by atoms with van der Waals surface area (Å²) in [5.74, 6) is 6.01. The van der Waals surface area contributed by atoms with Crippen LogP contribution >= 0.6 is 11.3 Å². The quantitative estimate of drug-likeness (QED) is 0.249. The lowest BCUT2D eigenvalue weighted by atomic mass is 10.5. The molecule has 14 heavy (non-hydrogen) atoms. The van der Waals surface area contributed by atoms with Crippen molar-refractivity contribution < 1.29 is 4.74 Å². The van der Waals surface area contributed by atoms with Crippen molar-refractivity contribution in [3.05, 3.63) is 16.1 Å². The van der Waals surface area contributed by atoms with Crippen LogP contribution in [0.4, 0.5) is 0 Å². The van der Waals surface area contributed by atoms with Crippen molar-refractivity contribution >= 4 is 17.2 Å². The zero-order chi connectivity index (χ0) is 10.4. The third-order valence-corrected chi connectivity index (χ3v) is 2.48. The van der Waals surface area contributed by atoms with Crippen molar-refractivity contribution in [1.29, 1.82) is 0 Å². The van der Waals surface area contributed by atoms with Crippen LogP contribution in [0.5, 0.6) is 0 Å². The predicted octanol–water partition coefficient (Wildman–Crippen LogP) is 0.308. The van der Waals surface area contributed by atoms with Crippen molar-refractivity contribution in [3.63, 3.8) is 0 Å². The van der Waals surface area contributed by atoms with E-state index in [9.17, 15) is 0 Å². The first kappa shape index (κ1) is 11.1. The SMILES string of the molecule is COCCN=C(NN)c1cnc(C)s1. The highest BCUT2D eigenvalue weighted by Gasteiger charge is 2.04. The fraction of sp³-hybridized carbons (Fsp3) is 0.500. The maximum atomic E-state index is 5.35. The molecule has 78 valence electrons. The molecule has 0 bridgehead atoms. The zero-order valence-electron chi connectivity index (χ0n) is 8.28. The number of hydrogen-bond donors (Lipinski definition) is 2. The van der Waals surface area contributed by atoms with Gasteiger partial charge in [0.2, 0.25) is 0 Å². The molecule has 0 aliphatic carbocycles. The van der Waals surface area contributed by atoms with Crippen molar-refractivity contribution in [1.82, 2.24) is 10.4 Å². The largest absolute Gasteiger partial charge is 0.383 e. The van der Waals surface area contributed by atoms with E-state index in [2.05, 4.69) is 15.4 Å². The summed E-state index contributed by atoms with van der Waals surface area (Å²) in [7, 11) is 1.64. The Morgan fingerprint density at radius 1 is 1.79 bits per heavy atom. The van der Waals surface area contributed by atoms with Crippen molar-refractivity contribution in [2.24, 2.45) is 10.8 Å². The molecule has 0 spiro atoms. The first-order valence-corrected chi connectivity index (χ1v) is 5.02. The number of ether oxygens (including phenoxy) is 1. The minimum absolute atomic E-state index is 0.586. The van der Waals surface area contributed by atoms with Gasteiger partial charge < -0.3 is 10.2 Å². The summed E-state index contributed by atoms with van der Waals surface area (Å²) in [5, 5.41) is 0.995. The summed E-state index contributed by atoms with van der Waals surface area (Å²) in [6.07, 6.45) is 1.76. The molecule has 5 nitrogen and oxygen atoms in total. The number of amidine groups is 1. The Morgan fingerprint density at radius 2 is 2.57 bits per heavy atom. The maximum absolute atomic E-state index is 5.35. The third kappa shape index (κ3) is 3.06. The van der Waals surface area contributed by atoms with Crippen LogP contribution in [0, 0.1) is 6.92 Å². The van der Waals surface area contributed by atoms with Gasteiger partial charge in [-0.05, 0) is 6.92 Å². The molecule has 0 aliphatic heterocycles. The van der Waals surface area contributed by atoms with E-state index < -0.39 is 0 Å². The lowest BCUT2D eigenvalue weighted by Crippen LogP contribution is -2.30. The van der Waals surface area contributed by atoms with Gasteiger partial charge in [-0.15, -0.1) is 11.3 Å². The molecule has 1 heterocycles. The Labute approximate surface area is 87.0 Å². The van der Waals surface area contributed by atoms with Crippen LogP contribution in [0.1, 0.15) is 9.88 Å². The van der Waals surface area contributed by atoms with Gasteiger partial charge in [0.1, 0.15) is 0 Å². The summed E-state index contributed by atoms with van der Waals surface area (Å²) in [6, 6.07) is 0. The highest BCUT2D eigenvalue weighted by Crippen LogP contribution is 2.11. The second kappa shape index (κ2) is 5.69. The number of rotatable bonds is 4. The lowest BCUT2D eigenvalue weighted by molar-refractivity contribution is 0.208. The Bertz CT molecular complexity index is 310. The standard InChI is InChI=1S/C8H14N4OS/c1-6-11-5-7(14-6)8(12-9)10-3-4-13-2/h5H,3-4,9H2,1-2H3,(H,10,12). The third-order valence-electron chi connectivity index (χ3n) is 1.56. The highest BCUT2D eigenvalue weighted by molar-refractivity contribution is 7.13. The highest BCUT2D eigenvalue weighted by atomic mass is 32.1. The summed E-state index contributed by atoms with van der Waals surface area (Å²) >= 11 is 1.55. The van der Waals surface area contributed by atoms with Crippen LogP contribution in [-0.2, 0) is 4.74 Å². The Morgan fingerprint density at radius 3 is 3.07 bits per heavy atom. The van der Waals surface area contributed by atoms with E-state index >= 15 is 0 Å². The minimum atomic E-state index is 0.586. The van der Waals surface area contributed by atoms with E-state index in [-0.39, 0.29) is 0 Å². The summed E-state index contributed by atoms with van der Waals surface area (Å²) in [5.41, 5.74) is 2.56. The molecule has 1 aromatic rings. The number of thiazole rings is 1. The number of aryl methyl sites for hydroxylation is 1. The van der Waals surface area contributed by atoms with Crippen molar-refractivity contribution in [3.8, 4) is 0 Å². The second-order valence-electron chi connectivity index (χ2n) is 2.61. The second-order valence-corrected chi connectivity index (χ2v) is 3.85. The fourth-order valence-corrected chi connectivity index (χ4v) is 1.66. The van der Waals surface area contributed by atoms with Crippen molar-refractivity contribution in [2.45, 2.75) is 6.92 Å². The molecule has 6 heteroatoms. The molecule has 1 aromatic heterocycles. The van der Waals surface area contributed by atoms with Gasteiger partial charge in [0.05, 0.1) is 23.0 Å². The molecule has 0 aliphatic rings. The molecule has 0 radical (unpaired) electrons. The van der Waals surface area contributed by atoms with Crippen LogP contribution in [-0.4, -0.2) is 31.1 Å². The van der Waals surface area contributed by atoms with Gasteiger partial charge in [0.25, 0.3) is 0 Å². The molecule has 1 rings (SSSR count). The van der Waals surface area contributed by atoms with E-state index in [0.29, 0.717) is 19.0 Å². The number of hydrazine groups is 1. The normalized spacial score (nSPS) is 11.8. The van der Waals surface area contributed by atoms with E-state index in [4.69, 9.17) is 10.6 Å². The molecule has 0 saturated carbocycles. The molecule has 0 aromatic carbocycles. The Kier molecular flexibility index (Phi) is 4.51. The Balaban J connectivity index is 2.66. The lowest BCUT2D eigenvalue weighted by Gasteiger charge is -2.01. The van der Waals surface area contributed by atoms with E-state index in [1.807, 2.05) is 6.92 Å². The first-order chi connectivity index (χ1) is 6.77. The van der Waals surface area contributed by atoms with Crippen LogP contribution in [0.15, 0.2) is 11.2 Å². The number of hydrogen-bond acceptors (Lipinski definition) is 5. The number of aromatic nitrogens is 1. The summed E-state index contributed by atoms with van der Waals surface area (Å²) < 4.78 is 4.89. The van der Waals surface area contributed by atoms with Crippen molar-refractivity contribution in [2.75, 3.05) is 20.3 Å². The Hall–Kier alpha value is -0.980. The van der Waals surface area contributed by atoms with Gasteiger partial charge in [-0.3, -0.25) is 4.99 Å². The molecule has 0 fully saturated rings. The van der Waals surface area contributed by atoms with Crippen LogP contribution in [0.3, 0.4) is 0 Å². The minimum Gasteiger partial charge on any atom is -0.383 e. The first-order valence-electron chi connectivity index (χ1n) is 4.20. The fourth-order valence-electron chi connectivity index (χ4n) is 0.914. The topological polar surface area (TPSA) is 72.5 Å². The molecular weight excluding hydrogens is 200 g/mol. The predicted molar refractivity (Wildman–Crippen MR) is 57.5 cm³/mol. The molecule has 0 amide bonds.